The molecule has 1 heterocycles. The molecule has 1 N–H and O–H groups in total. The summed E-state index contributed by atoms with van der Waals surface area (Å²) in [5.41, 5.74) is 3.96. The number of carbonyl (C=O) groups excluding carboxylic acids is 2. The van der Waals surface area contributed by atoms with E-state index in [0.29, 0.717) is 27.5 Å². The summed E-state index contributed by atoms with van der Waals surface area (Å²) in [5.74, 6) is -0.267. The molecule has 0 aliphatic rings. The zero-order valence-corrected chi connectivity index (χ0v) is 16.4. The van der Waals surface area contributed by atoms with Gasteiger partial charge in [-0.05, 0) is 55.5 Å². The zero-order chi connectivity index (χ0) is 20.4. The second-order valence-corrected chi connectivity index (χ2v) is 7.11. The van der Waals surface area contributed by atoms with Crippen molar-refractivity contribution in [1.29, 1.82) is 0 Å². The van der Waals surface area contributed by atoms with Gasteiger partial charge in [-0.25, -0.2) is 4.98 Å². The van der Waals surface area contributed by atoms with Crippen LogP contribution in [0.5, 0.6) is 0 Å². The first kappa shape index (κ1) is 18.8. The van der Waals surface area contributed by atoms with Crippen molar-refractivity contribution in [3.8, 4) is 11.3 Å². The molecule has 142 valence electrons. The fourth-order valence-corrected chi connectivity index (χ4v) is 3.34. The number of carbonyl (C=O) groups is 2. The number of benzene rings is 3. The van der Waals surface area contributed by atoms with Crippen molar-refractivity contribution in [3.05, 3.63) is 95.0 Å². The number of amides is 1. The Bertz CT molecular complexity index is 1230. The Morgan fingerprint density at radius 2 is 1.66 bits per heavy atom. The van der Waals surface area contributed by atoms with Crippen LogP contribution in [0, 0.1) is 0 Å². The van der Waals surface area contributed by atoms with Gasteiger partial charge in [-0.1, -0.05) is 41.9 Å². The molecule has 0 unspecified atom stereocenters. The van der Waals surface area contributed by atoms with Gasteiger partial charge in [0.1, 0.15) is 0 Å². The van der Waals surface area contributed by atoms with E-state index < -0.39 is 0 Å². The van der Waals surface area contributed by atoms with Gasteiger partial charge in [-0.15, -0.1) is 0 Å². The number of ketones is 1. The molecule has 0 saturated heterocycles. The lowest BCUT2D eigenvalue weighted by Gasteiger charge is -2.11. The van der Waals surface area contributed by atoms with E-state index in [1.807, 2.05) is 42.5 Å². The van der Waals surface area contributed by atoms with Gasteiger partial charge < -0.3 is 5.32 Å². The number of nitrogens with one attached hydrogen (secondary N) is 1. The van der Waals surface area contributed by atoms with Gasteiger partial charge in [-0.3, -0.25) is 9.59 Å². The minimum absolute atomic E-state index is 0.0193. The Morgan fingerprint density at radius 3 is 2.38 bits per heavy atom. The third kappa shape index (κ3) is 4.03. The molecular formula is C24H17ClN2O2. The number of para-hydroxylation sites is 1. The third-order valence-electron chi connectivity index (χ3n) is 4.63. The molecule has 0 bridgehead atoms. The molecule has 0 atom stereocenters. The van der Waals surface area contributed by atoms with E-state index in [0.717, 1.165) is 16.5 Å². The number of halogens is 1. The summed E-state index contributed by atoms with van der Waals surface area (Å²) in [6.07, 6.45) is 0. The minimum Gasteiger partial charge on any atom is -0.322 e. The summed E-state index contributed by atoms with van der Waals surface area (Å²) < 4.78 is 0. The van der Waals surface area contributed by atoms with E-state index in [4.69, 9.17) is 16.6 Å². The van der Waals surface area contributed by atoms with E-state index in [-0.39, 0.29) is 11.7 Å². The van der Waals surface area contributed by atoms with Crippen molar-refractivity contribution in [2.45, 2.75) is 6.92 Å². The first-order chi connectivity index (χ1) is 14.0. The summed E-state index contributed by atoms with van der Waals surface area (Å²) in [6.45, 7) is 1.51. The lowest BCUT2D eigenvalue weighted by atomic mass is 10.0. The number of aromatic nitrogens is 1. The van der Waals surface area contributed by atoms with Crippen LogP contribution in [0.2, 0.25) is 5.02 Å². The Balaban J connectivity index is 1.75. The Kier molecular flexibility index (Phi) is 5.10. The second-order valence-electron chi connectivity index (χ2n) is 6.67. The van der Waals surface area contributed by atoms with Crippen LogP contribution >= 0.6 is 11.6 Å². The molecule has 4 aromatic rings. The normalized spacial score (nSPS) is 10.7. The molecule has 0 spiro atoms. The van der Waals surface area contributed by atoms with Crippen LogP contribution in [0.4, 0.5) is 5.69 Å². The van der Waals surface area contributed by atoms with Crippen molar-refractivity contribution >= 4 is 39.9 Å². The largest absolute Gasteiger partial charge is 0.322 e. The smallest absolute Gasteiger partial charge is 0.256 e. The fourth-order valence-electron chi connectivity index (χ4n) is 3.15. The molecule has 4 nitrogen and oxygen atoms in total. The summed E-state index contributed by atoms with van der Waals surface area (Å²) in [6, 6.07) is 23.5. The number of fused-ring (bicyclic) bond motifs is 1. The van der Waals surface area contributed by atoms with Crippen molar-refractivity contribution < 1.29 is 9.59 Å². The summed E-state index contributed by atoms with van der Waals surface area (Å²) >= 11 is 6.13. The van der Waals surface area contributed by atoms with Gasteiger partial charge in [0.15, 0.2) is 5.78 Å². The predicted octanol–water partition coefficient (Wildman–Crippen LogP) is 6.01. The maximum atomic E-state index is 13.1. The molecule has 0 saturated carbocycles. The predicted molar refractivity (Wildman–Crippen MR) is 117 cm³/mol. The summed E-state index contributed by atoms with van der Waals surface area (Å²) in [4.78, 5) is 29.2. The van der Waals surface area contributed by atoms with Gasteiger partial charge in [0.05, 0.1) is 16.8 Å². The number of Topliss-reactive ketones (excluding diaryl/α,β-unsaturated/α-hetero) is 1. The first-order valence-corrected chi connectivity index (χ1v) is 9.47. The van der Waals surface area contributed by atoms with E-state index >= 15 is 0 Å². The van der Waals surface area contributed by atoms with Gasteiger partial charge in [0.25, 0.3) is 5.91 Å². The van der Waals surface area contributed by atoms with E-state index in [9.17, 15) is 9.59 Å². The number of hydrogen-bond acceptors (Lipinski definition) is 3. The van der Waals surface area contributed by atoms with Crippen LogP contribution in [0.25, 0.3) is 22.2 Å². The first-order valence-electron chi connectivity index (χ1n) is 9.09. The molecule has 0 fully saturated rings. The molecule has 4 rings (SSSR count). The molecule has 29 heavy (non-hydrogen) atoms. The van der Waals surface area contributed by atoms with Gasteiger partial charge in [-0.2, -0.15) is 0 Å². The van der Waals surface area contributed by atoms with Crippen molar-refractivity contribution in [1.82, 2.24) is 4.98 Å². The molecule has 0 aliphatic heterocycles. The number of hydrogen-bond donors (Lipinski definition) is 1. The Hall–Kier alpha value is -3.50. The molecule has 1 aromatic heterocycles. The number of rotatable bonds is 4. The average molecular weight is 401 g/mol. The highest BCUT2D eigenvalue weighted by Crippen LogP contribution is 2.27. The maximum absolute atomic E-state index is 13.1. The van der Waals surface area contributed by atoms with Crippen LogP contribution in [0.15, 0.2) is 78.9 Å². The van der Waals surface area contributed by atoms with Crippen LogP contribution < -0.4 is 5.32 Å². The second kappa shape index (κ2) is 7.86. The molecule has 0 radical (unpaired) electrons. The Morgan fingerprint density at radius 1 is 0.897 bits per heavy atom. The minimum atomic E-state index is -0.248. The average Bonchev–Trinajstić information content (AvgIpc) is 2.73. The highest BCUT2D eigenvalue weighted by atomic mass is 35.5. The van der Waals surface area contributed by atoms with Crippen molar-refractivity contribution in [2.75, 3.05) is 5.32 Å². The molecule has 5 heteroatoms. The van der Waals surface area contributed by atoms with Crippen LogP contribution in [0.1, 0.15) is 27.6 Å². The molecule has 1 amide bonds. The fraction of sp³-hybridized carbons (Fsp3) is 0.0417. The van der Waals surface area contributed by atoms with E-state index in [1.54, 1.807) is 36.4 Å². The summed E-state index contributed by atoms with van der Waals surface area (Å²) in [5, 5.41) is 4.27. The van der Waals surface area contributed by atoms with E-state index in [1.165, 1.54) is 6.92 Å². The van der Waals surface area contributed by atoms with Crippen molar-refractivity contribution in [2.24, 2.45) is 0 Å². The standard InChI is InChI=1S/C24H17ClN2O2/c1-15(28)16-9-11-19(12-10-16)26-24(29)21-14-23(17-5-4-6-18(25)13-17)27-22-8-3-2-7-20(21)22/h2-14H,1H3,(H,26,29). The lowest BCUT2D eigenvalue weighted by Crippen LogP contribution is -2.13. The molecular weight excluding hydrogens is 384 g/mol. The SMILES string of the molecule is CC(=O)c1ccc(NC(=O)c2cc(-c3cccc(Cl)c3)nc3ccccc23)cc1. The van der Waals surface area contributed by atoms with Gasteiger partial charge >= 0.3 is 0 Å². The summed E-state index contributed by atoms with van der Waals surface area (Å²) in [7, 11) is 0. The van der Waals surface area contributed by atoms with Gasteiger partial charge in [0, 0.05) is 27.2 Å². The topological polar surface area (TPSA) is 59.1 Å². The molecule has 3 aromatic carbocycles. The quantitative estimate of drug-likeness (QED) is 0.427. The van der Waals surface area contributed by atoms with Crippen LogP contribution in [-0.2, 0) is 0 Å². The highest BCUT2D eigenvalue weighted by Gasteiger charge is 2.14. The van der Waals surface area contributed by atoms with Crippen molar-refractivity contribution in [3.63, 3.8) is 0 Å². The molecule has 0 aliphatic carbocycles. The lowest BCUT2D eigenvalue weighted by molar-refractivity contribution is 0.101. The third-order valence-corrected chi connectivity index (χ3v) is 4.87. The van der Waals surface area contributed by atoms with Gasteiger partial charge in [0.2, 0.25) is 0 Å². The van der Waals surface area contributed by atoms with Crippen LogP contribution in [-0.4, -0.2) is 16.7 Å². The van der Waals surface area contributed by atoms with Crippen LogP contribution in [0.3, 0.4) is 0 Å². The monoisotopic (exact) mass is 400 g/mol. The number of pyridine rings is 1. The highest BCUT2D eigenvalue weighted by molar-refractivity contribution is 6.30. The van der Waals surface area contributed by atoms with E-state index in [2.05, 4.69) is 5.32 Å². The maximum Gasteiger partial charge on any atom is 0.256 e. The number of nitrogens with zero attached hydrogens (tertiary/aromatic N) is 1. The zero-order valence-electron chi connectivity index (χ0n) is 15.6. The Labute approximate surface area is 173 Å². The number of anilines is 1.